The van der Waals surface area contributed by atoms with E-state index >= 15 is 0 Å². The van der Waals surface area contributed by atoms with Crippen molar-refractivity contribution in [1.82, 2.24) is 0 Å². The maximum atomic E-state index is 12.9. The topological polar surface area (TPSA) is 78.9 Å². The molecule has 0 bridgehead atoms. The molecule has 0 fully saturated rings. The smallest absolute Gasteiger partial charge is 0.306 e. The van der Waals surface area contributed by atoms with E-state index in [2.05, 4.69) is 106 Å². The van der Waals surface area contributed by atoms with Crippen LogP contribution in [0, 0.1) is 0 Å². The molecule has 1 atom stereocenters. The van der Waals surface area contributed by atoms with Crippen LogP contribution in [0.2, 0.25) is 0 Å². The Morgan fingerprint density at radius 1 is 0.292 bits per heavy atom. The molecule has 0 heterocycles. The van der Waals surface area contributed by atoms with Gasteiger partial charge in [-0.05, 0) is 116 Å². The SMILES string of the molecule is CC/C=C\C/C=C\C/C=C\C/C=C\CCCCCCCCC(=O)OCC(COC(=O)CCCCCCCCC/C=C\CCCCCCCC)OC(=O)CCCCCCCCC/C=C\C/C=C\CCCCCC. The first-order valence-corrected chi connectivity index (χ1v) is 30.6. The summed E-state index contributed by atoms with van der Waals surface area (Å²) in [7, 11) is 0. The van der Waals surface area contributed by atoms with Gasteiger partial charge in [-0.25, -0.2) is 0 Å². The Balaban J connectivity index is 4.43. The van der Waals surface area contributed by atoms with Crippen molar-refractivity contribution in [3.05, 3.63) is 85.1 Å². The second kappa shape index (κ2) is 60.1. The predicted octanol–water partition coefficient (Wildman–Crippen LogP) is 20.7. The van der Waals surface area contributed by atoms with Crippen molar-refractivity contribution in [2.24, 2.45) is 0 Å². The summed E-state index contributed by atoms with van der Waals surface area (Å²) in [5, 5.41) is 0. The van der Waals surface area contributed by atoms with E-state index in [1.165, 1.54) is 154 Å². The molecule has 6 nitrogen and oxygen atoms in total. The first kappa shape index (κ1) is 68.6. The van der Waals surface area contributed by atoms with E-state index in [4.69, 9.17) is 14.2 Å². The van der Waals surface area contributed by atoms with E-state index in [0.29, 0.717) is 19.3 Å². The molecule has 0 amide bonds. The highest BCUT2D eigenvalue weighted by Crippen LogP contribution is 2.15. The van der Waals surface area contributed by atoms with Crippen molar-refractivity contribution in [1.29, 1.82) is 0 Å². The Labute approximate surface area is 445 Å². The minimum atomic E-state index is -0.790. The number of unbranched alkanes of at least 4 members (excludes halogenated alkanes) is 30. The monoisotopic (exact) mass is 1000 g/mol. The zero-order valence-electron chi connectivity index (χ0n) is 47.4. The summed E-state index contributed by atoms with van der Waals surface area (Å²) in [5.74, 6) is -0.903. The van der Waals surface area contributed by atoms with Crippen molar-refractivity contribution in [3.8, 4) is 0 Å². The normalized spacial score (nSPS) is 12.7. The number of carbonyl (C=O) groups excluding carboxylic acids is 3. The maximum absolute atomic E-state index is 12.9. The first-order chi connectivity index (χ1) is 35.5. The van der Waals surface area contributed by atoms with Crippen LogP contribution in [0.3, 0.4) is 0 Å². The van der Waals surface area contributed by atoms with Crippen LogP contribution < -0.4 is 0 Å². The van der Waals surface area contributed by atoms with Crippen LogP contribution in [-0.4, -0.2) is 37.2 Å². The van der Waals surface area contributed by atoms with Crippen molar-refractivity contribution < 1.29 is 28.6 Å². The van der Waals surface area contributed by atoms with Crippen LogP contribution in [-0.2, 0) is 28.6 Å². The zero-order valence-corrected chi connectivity index (χ0v) is 47.4. The van der Waals surface area contributed by atoms with E-state index in [9.17, 15) is 14.4 Å². The molecule has 0 aromatic rings. The summed E-state index contributed by atoms with van der Waals surface area (Å²) < 4.78 is 16.9. The summed E-state index contributed by atoms with van der Waals surface area (Å²) in [5.41, 5.74) is 0. The zero-order chi connectivity index (χ0) is 52.2. The van der Waals surface area contributed by atoms with Crippen molar-refractivity contribution >= 4 is 17.9 Å². The van der Waals surface area contributed by atoms with Crippen LogP contribution in [0.1, 0.15) is 297 Å². The Morgan fingerprint density at radius 3 is 0.875 bits per heavy atom. The average Bonchev–Trinajstić information content (AvgIpc) is 3.38. The van der Waals surface area contributed by atoms with Gasteiger partial charge in [0.1, 0.15) is 13.2 Å². The molecule has 72 heavy (non-hydrogen) atoms. The van der Waals surface area contributed by atoms with E-state index in [0.717, 1.165) is 103 Å². The first-order valence-electron chi connectivity index (χ1n) is 30.6. The average molecular weight is 1000 g/mol. The molecule has 0 aromatic carbocycles. The molecule has 0 rings (SSSR count). The molecule has 0 aliphatic carbocycles. The van der Waals surface area contributed by atoms with Crippen LogP contribution >= 0.6 is 0 Å². The number of ether oxygens (including phenoxy) is 3. The highest BCUT2D eigenvalue weighted by atomic mass is 16.6. The molecule has 0 aromatic heterocycles. The van der Waals surface area contributed by atoms with Gasteiger partial charge in [-0.2, -0.15) is 0 Å². The maximum Gasteiger partial charge on any atom is 0.306 e. The Hall–Kier alpha value is -3.41. The van der Waals surface area contributed by atoms with Gasteiger partial charge in [-0.3, -0.25) is 14.4 Å². The number of esters is 3. The Kier molecular flexibility index (Phi) is 57.3. The standard InChI is InChI=1S/C66H114O6/c1-4-7-10-13-16-19-22-25-28-31-33-36-38-41-44-47-50-53-56-59-65(68)71-62-63(61-70-64(67)58-55-52-49-46-43-40-37-34-30-27-24-21-18-15-12-9-6-3)72-66(69)60-57-54-51-48-45-42-39-35-32-29-26-23-20-17-14-11-8-5-2/h7,10,16,19-20,23,25,27-30,32-33,36,63H,4-6,8-9,11-15,17-18,21-22,24,26,31,34-35,37-62H2,1-3H3/b10-7-,19-16-,23-20-,28-25-,30-27-,32-29-,36-33-. The van der Waals surface area contributed by atoms with E-state index in [-0.39, 0.29) is 31.1 Å². The predicted molar refractivity (Wildman–Crippen MR) is 311 cm³/mol. The molecule has 0 aliphatic heterocycles. The third-order valence-corrected chi connectivity index (χ3v) is 13.1. The third kappa shape index (κ3) is 57.5. The molecular weight excluding hydrogens is 889 g/mol. The lowest BCUT2D eigenvalue weighted by Gasteiger charge is -2.18. The van der Waals surface area contributed by atoms with Crippen molar-refractivity contribution in [2.75, 3.05) is 13.2 Å². The largest absolute Gasteiger partial charge is 0.462 e. The summed E-state index contributed by atoms with van der Waals surface area (Å²) >= 11 is 0. The summed E-state index contributed by atoms with van der Waals surface area (Å²) in [4.78, 5) is 38.3. The fraction of sp³-hybridized carbons (Fsp3) is 0.742. The number of hydrogen-bond acceptors (Lipinski definition) is 6. The van der Waals surface area contributed by atoms with Gasteiger partial charge in [-0.15, -0.1) is 0 Å². The van der Waals surface area contributed by atoms with Gasteiger partial charge in [0, 0.05) is 19.3 Å². The third-order valence-electron chi connectivity index (χ3n) is 13.1. The van der Waals surface area contributed by atoms with Gasteiger partial charge in [-0.1, -0.05) is 247 Å². The summed E-state index contributed by atoms with van der Waals surface area (Å²) in [6.07, 6.45) is 78.5. The van der Waals surface area contributed by atoms with Crippen molar-refractivity contribution in [2.45, 2.75) is 303 Å². The molecule has 0 spiro atoms. The molecule has 0 saturated heterocycles. The van der Waals surface area contributed by atoms with Gasteiger partial charge in [0.25, 0.3) is 0 Å². The lowest BCUT2D eigenvalue weighted by molar-refractivity contribution is -0.167. The number of carbonyl (C=O) groups is 3. The van der Waals surface area contributed by atoms with Crippen LogP contribution in [0.15, 0.2) is 85.1 Å². The number of rotatable bonds is 55. The minimum Gasteiger partial charge on any atom is -0.462 e. The van der Waals surface area contributed by atoms with Crippen molar-refractivity contribution in [3.63, 3.8) is 0 Å². The minimum absolute atomic E-state index is 0.0861. The van der Waals surface area contributed by atoms with E-state index < -0.39 is 6.10 Å². The quantitative estimate of drug-likeness (QED) is 0.0261. The van der Waals surface area contributed by atoms with Crippen LogP contribution in [0.25, 0.3) is 0 Å². The van der Waals surface area contributed by atoms with E-state index in [1.807, 2.05) is 0 Å². The van der Waals surface area contributed by atoms with Crippen LogP contribution in [0.5, 0.6) is 0 Å². The Morgan fingerprint density at radius 2 is 0.542 bits per heavy atom. The number of allylic oxidation sites excluding steroid dienone is 14. The molecular formula is C66H114O6. The Bertz CT molecular complexity index is 1380. The lowest BCUT2D eigenvalue weighted by Crippen LogP contribution is -2.30. The second-order valence-electron chi connectivity index (χ2n) is 20.2. The molecule has 0 radical (unpaired) electrons. The summed E-state index contributed by atoms with van der Waals surface area (Å²) in [6.45, 7) is 6.51. The molecule has 0 N–H and O–H groups in total. The number of hydrogen-bond donors (Lipinski definition) is 0. The highest BCUT2D eigenvalue weighted by molar-refractivity contribution is 5.71. The van der Waals surface area contributed by atoms with Gasteiger partial charge in [0.05, 0.1) is 0 Å². The highest BCUT2D eigenvalue weighted by Gasteiger charge is 2.19. The summed E-state index contributed by atoms with van der Waals surface area (Å²) in [6, 6.07) is 0. The molecule has 0 saturated carbocycles. The van der Waals surface area contributed by atoms with Gasteiger partial charge in [0.2, 0.25) is 0 Å². The van der Waals surface area contributed by atoms with Gasteiger partial charge < -0.3 is 14.2 Å². The molecule has 414 valence electrons. The van der Waals surface area contributed by atoms with Crippen LogP contribution in [0.4, 0.5) is 0 Å². The molecule has 0 aliphatic rings. The fourth-order valence-corrected chi connectivity index (χ4v) is 8.52. The lowest BCUT2D eigenvalue weighted by atomic mass is 10.1. The molecule has 6 heteroatoms. The van der Waals surface area contributed by atoms with Gasteiger partial charge in [0.15, 0.2) is 6.10 Å². The second-order valence-corrected chi connectivity index (χ2v) is 20.2. The van der Waals surface area contributed by atoms with E-state index in [1.54, 1.807) is 0 Å². The molecule has 1 unspecified atom stereocenters. The fourth-order valence-electron chi connectivity index (χ4n) is 8.52. The van der Waals surface area contributed by atoms with Gasteiger partial charge >= 0.3 is 17.9 Å².